The van der Waals surface area contributed by atoms with Crippen LogP contribution in [0.5, 0.6) is 0 Å². The van der Waals surface area contributed by atoms with Gasteiger partial charge in [0.1, 0.15) is 0 Å². The minimum Gasteiger partial charge on any atom is -0.316 e. The molecule has 1 aliphatic rings. The summed E-state index contributed by atoms with van der Waals surface area (Å²) in [6, 6.07) is 19.0. The summed E-state index contributed by atoms with van der Waals surface area (Å²) in [7, 11) is 0. The first kappa shape index (κ1) is 18.4. The van der Waals surface area contributed by atoms with E-state index < -0.39 is 0 Å². The number of likely N-dealkylation sites (tertiary alicyclic amines) is 1. The van der Waals surface area contributed by atoms with E-state index in [9.17, 15) is 0 Å². The van der Waals surface area contributed by atoms with Gasteiger partial charge in [0.2, 0.25) is 0 Å². The standard InChI is InChI=1S/C22H29ClN2/c1-18(21-8-5-9-22(23)14-21)15-24-16-19-10-12-25(13-11-19)17-20-6-3-2-4-7-20/h2-9,14,18-19,24H,10-13,15-17H2,1H3. The van der Waals surface area contributed by atoms with Gasteiger partial charge in [-0.25, -0.2) is 0 Å². The maximum atomic E-state index is 6.09. The first-order chi connectivity index (χ1) is 12.2. The summed E-state index contributed by atoms with van der Waals surface area (Å²) in [5.74, 6) is 1.30. The molecule has 0 spiro atoms. The number of nitrogens with zero attached hydrogens (tertiary/aromatic N) is 1. The summed E-state index contributed by atoms with van der Waals surface area (Å²) in [6.45, 7) is 7.93. The summed E-state index contributed by atoms with van der Waals surface area (Å²) in [6.07, 6.45) is 2.59. The van der Waals surface area contributed by atoms with Crippen molar-refractivity contribution in [3.63, 3.8) is 0 Å². The molecule has 3 heteroatoms. The zero-order valence-corrected chi connectivity index (χ0v) is 15.9. The Hall–Kier alpha value is -1.35. The van der Waals surface area contributed by atoms with Crippen molar-refractivity contribution >= 4 is 11.6 Å². The van der Waals surface area contributed by atoms with Crippen molar-refractivity contribution < 1.29 is 0 Å². The van der Waals surface area contributed by atoms with Crippen LogP contribution in [0.2, 0.25) is 5.02 Å². The molecular formula is C22H29ClN2. The predicted octanol–water partition coefficient (Wildman–Crippen LogP) is 4.95. The topological polar surface area (TPSA) is 15.3 Å². The summed E-state index contributed by atoms with van der Waals surface area (Å²) in [4.78, 5) is 2.58. The van der Waals surface area contributed by atoms with Crippen LogP contribution >= 0.6 is 11.6 Å². The summed E-state index contributed by atoms with van der Waals surface area (Å²) >= 11 is 6.09. The second-order valence-corrected chi connectivity index (χ2v) is 7.76. The molecule has 1 atom stereocenters. The van der Waals surface area contributed by atoms with Crippen LogP contribution in [0.15, 0.2) is 54.6 Å². The molecule has 1 aliphatic heterocycles. The SMILES string of the molecule is CC(CNCC1CCN(Cc2ccccc2)CC1)c1cccc(Cl)c1. The van der Waals surface area contributed by atoms with Gasteiger partial charge in [0.05, 0.1) is 0 Å². The molecule has 1 N–H and O–H groups in total. The van der Waals surface area contributed by atoms with Gasteiger partial charge in [-0.1, -0.05) is 61.0 Å². The Morgan fingerprint density at radius 3 is 2.56 bits per heavy atom. The summed E-state index contributed by atoms with van der Waals surface area (Å²) in [5, 5.41) is 4.50. The lowest BCUT2D eigenvalue weighted by molar-refractivity contribution is 0.175. The molecular weight excluding hydrogens is 328 g/mol. The number of nitrogens with one attached hydrogen (secondary N) is 1. The van der Waals surface area contributed by atoms with Crippen molar-refractivity contribution in [2.45, 2.75) is 32.2 Å². The van der Waals surface area contributed by atoms with Crippen molar-refractivity contribution in [3.8, 4) is 0 Å². The van der Waals surface area contributed by atoms with E-state index in [0.29, 0.717) is 5.92 Å². The largest absolute Gasteiger partial charge is 0.316 e. The Kier molecular flexibility index (Phi) is 6.92. The highest BCUT2D eigenvalue weighted by Crippen LogP contribution is 2.20. The Morgan fingerprint density at radius 2 is 1.84 bits per heavy atom. The van der Waals surface area contributed by atoms with E-state index in [1.54, 1.807) is 0 Å². The minimum atomic E-state index is 0.497. The second-order valence-electron chi connectivity index (χ2n) is 7.32. The third kappa shape index (κ3) is 5.85. The second kappa shape index (κ2) is 9.38. The van der Waals surface area contributed by atoms with Crippen LogP contribution in [-0.2, 0) is 6.54 Å². The lowest BCUT2D eigenvalue weighted by Crippen LogP contribution is -2.37. The first-order valence-electron chi connectivity index (χ1n) is 9.43. The molecule has 2 nitrogen and oxygen atoms in total. The van der Waals surface area contributed by atoms with Crippen LogP contribution in [0.4, 0.5) is 0 Å². The summed E-state index contributed by atoms with van der Waals surface area (Å²) in [5.41, 5.74) is 2.74. The van der Waals surface area contributed by atoms with Crippen LogP contribution in [0, 0.1) is 5.92 Å². The van der Waals surface area contributed by atoms with Gasteiger partial charge >= 0.3 is 0 Å². The van der Waals surface area contributed by atoms with E-state index in [2.05, 4.69) is 59.6 Å². The molecule has 25 heavy (non-hydrogen) atoms. The Balaban J connectivity index is 1.35. The van der Waals surface area contributed by atoms with E-state index in [0.717, 1.165) is 30.6 Å². The van der Waals surface area contributed by atoms with Crippen molar-refractivity contribution in [3.05, 3.63) is 70.7 Å². The lowest BCUT2D eigenvalue weighted by Gasteiger charge is -2.32. The van der Waals surface area contributed by atoms with Crippen LogP contribution in [0.25, 0.3) is 0 Å². The average molecular weight is 357 g/mol. The Morgan fingerprint density at radius 1 is 1.08 bits per heavy atom. The zero-order valence-electron chi connectivity index (χ0n) is 15.1. The van der Waals surface area contributed by atoms with Crippen LogP contribution < -0.4 is 5.32 Å². The molecule has 1 heterocycles. The van der Waals surface area contributed by atoms with E-state index in [4.69, 9.17) is 11.6 Å². The fraction of sp³-hybridized carbons (Fsp3) is 0.455. The van der Waals surface area contributed by atoms with Crippen LogP contribution in [0.3, 0.4) is 0 Å². The molecule has 1 unspecified atom stereocenters. The molecule has 1 saturated heterocycles. The maximum Gasteiger partial charge on any atom is 0.0408 e. The predicted molar refractivity (Wildman–Crippen MR) is 107 cm³/mol. The normalized spacial score (nSPS) is 17.5. The smallest absolute Gasteiger partial charge is 0.0408 e. The highest BCUT2D eigenvalue weighted by atomic mass is 35.5. The molecule has 0 amide bonds. The van der Waals surface area contributed by atoms with E-state index in [1.165, 1.54) is 37.1 Å². The number of hydrogen-bond acceptors (Lipinski definition) is 2. The molecule has 134 valence electrons. The highest BCUT2D eigenvalue weighted by Gasteiger charge is 2.19. The number of piperidine rings is 1. The van der Waals surface area contributed by atoms with Crippen molar-refractivity contribution in [2.75, 3.05) is 26.2 Å². The fourth-order valence-electron chi connectivity index (χ4n) is 3.63. The first-order valence-corrected chi connectivity index (χ1v) is 9.81. The lowest BCUT2D eigenvalue weighted by atomic mass is 9.95. The fourth-order valence-corrected chi connectivity index (χ4v) is 3.82. The molecule has 1 fully saturated rings. The maximum absolute atomic E-state index is 6.09. The number of hydrogen-bond donors (Lipinski definition) is 1. The van der Waals surface area contributed by atoms with Crippen LogP contribution in [-0.4, -0.2) is 31.1 Å². The molecule has 2 aromatic carbocycles. The molecule has 0 aromatic heterocycles. The van der Waals surface area contributed by atoms with E-state index in [1.807, 2.05) is 12.1 Å². The van der Waals surface area contributed by atoms with Gasteiger partial charge in [-0.2, -0.15) is 0 Å². The van der Waals surface area contributed by atoms with Crippen LogP contribution in [0.1, 0.15) is 36.8 Å². The van der Waals surface area contributed by atoms with E-state index >= 15 is 0 Å². The summed E-state index contributed by atoms with van der Waals surface area (Å²) < 4.78 is 0. The van der Waals surface area contributed by atoms with Crippen molar-refractivity contribution in [1.82, 2.24) is 10.2 Å². The van der Waals surface area contributed by atoms with E-state index in [-0.39, 0.29) is 0 Å². The zero-order chi connectivity index (χ0) is 17.5. The minimum absolute atomic E-state index is 0.497. The molecule has 2 aromatic rings. The number of benzene rings is 2. The third-order valence-corrected chi connectivity index (χ3v) is 5.49. The molecule has 0 aliphatic carbocycles. The number of rotatable bonds is 7. The van der Waals surface area contributed by atoms with Crippen molar-refractivity contribution in [2.24, 2.45) is 5.92 Å². The van der Waals surface area contributed by atoms with Gasteiger partial charge in [-0.15, -0.1) is 0 Å². The quantitative estimate of drug-likeness (QED) is 0.755. The molecule has 3 rings (SSSR count). The average Bonchev–Trinajstić information content (AvgIpc) is 2.64. The number of halogens is 1. The van der Waals surface area contributed by atoms with Gasteiger partial charge in [0.25, 0.3) is 0 Å². The highest BCUT2D eigenvalue weighted by molar-refractivity contribution is 6.30. The monoisotopic (exact) mass is 356 g/mol. The molecule has 0 radical (unpaired) electrons. The van der Waals surface area contributed by atoms with Gasteiger partial charge in [-0.05, 0) is 67.6 Å². The van der Waals surface area contributed by atoms with Gasteiger partial charge in [-0.3, -0.25) is 4.90 Å². The molecule has 0 saturated carbocycles. The van der Waals surface area contributed by atoms with Gasteiger partial charge in [0.15, 0.2) is 0 Å². The van der Waals surface area contributed by atoms with Crippen molar-refractivity contribution in [1.29, 1.82) is 0 Å². The van der Waals surface area contributed by atoms with Gasteiger partial charge in [0, 0.05) is 18.1 Å². The molecule has 0 bridgehead atoms. The third-order valence-electron chi connectivity index (χ3n) is 5.26. The Bertz CT molecular complexity index is 635. The van der Waals surface area contributed by atoms with Gasteiger partial charge < -0.3 is 5.32 Å². The Labute approximate surface area is 157 Å².